The van der Waals surface area contributed by atoms with Gasteiger partial charge in [-0.15, -0.1) is 0 Å². The summed E-state index contributed by atoms with van der Waals surface area (Å²) in [6.07, 6.45) is 5.65. The molecule has 2 heterocycles. The van der Waals surface area contributed by atoms with Gasteiger partial charge in [-0.2, -0.15) is 0 Å². The summed E-state index contributed by atoms with van der Waals surface area (Å²) in [4.78, 5) is 0. The first kappa shape index (κ1) is 11.4. The highest BCUT2D eigenvalue weighted by Crippen LogP contribution is 2.37. The van der Waals surface area contributed by atoms with Gasteiger partial charge in [0.05, 0.1) is 13.2 Å². The van der Waals surface area contributed by atoms with Crippen LogP contribution in [-0.4, -0.2) is 38.1 Å². The molecule has 2 rings (SSSR count). The van der Waals surface area contributed by atoms with Crippen molar-refractivity contribution in [1.82, 2.24) is 0 Å². The summed E-state index contributed by atoms with van der Waals surface area (Å²) in [5, 5.41) is 9.56. The number of hydrogen-bond donors (Lipinski definition) is 1. The Morgan fingerprint density at radius 2 is 1.93 bits per heavy atom. The van der Waals surface area contributed by atoms with Crippen molar-refractivity contribution in [3.05, 3.63) is 0 Å². The van der Waals surface area contributed by atoms with E-state index in [9.17, 15) is 5.11 Å². The molecular weight excluding hydrogens is 192 g/mol. The zero-order valence-electron chi connectivity index (χ0n) is 9.41. The number of aliphatic hydroxyl groups excluding tert-OH is 1. The maximum Gasteiger partial charge on any atom is 0.0544 e. The van der Waals surface area contributed by atoms with Crippen molar-refractivity contribution in [3.8, 4) is 0 Å². The van der Waals surface area contributed by atoms with E-state index in [2.05, 4.69) is 0 Å². The number of rotatable bonds is 3. The van der Waals surface area contributed by atoms with Crippen molar-refractivity contribution in [1.29, 1.82) is 0 Å². The van der Waals surface area contributed by atoms with Gasteiger partial charge in [0.25, 0.3) is 0 Å². The zero-order valence-corrected chi connectivity index (χ0v) is 9.41. The van der Waals surface area contributed by atoms with Crippen LogP contribution in [-0.2, 0) is 9.47 Å². The van der Waals surface area contributed by atoms with E-state index in [-0.39, 0.29) is 12.0 Å². The van der Waals surface area contributed by atoms with E-state index < -0.39 is 0 Å². The lowest BCUT2D eigenvalue weighted by Gasteiger charge is -2.39. The van der Waals surface area contributed by atoms with Crippen molar-refractivity contribution in [3.63, 3.8) is 0 Å². The lowest BCUT2D eigenvalue weighted by Crippen LogP contribution is -2.38. The van der Waals surface area contributed by atoms with Crippen LogP contribution in [0.3, 0.4) is 0 Å². The summed E-state index contributed by atoms with van der Waals surface area (Å²) in [7, 11) is 0. The predicted octanol–water partition coefficient (Wildman–Crippen LogP) is 1.59. The van der Waals surface area contributed by atoms with E-state index >= 15 is 0 Å². The number of ether oxygens (including phenoxy) is 2. The highest BCUT2D eigenvalue weighted by atomic mass is 16.5. The summed E-state index contributed by atoms with van der Waals surface area (Å²) in [6, 6.07) is 0. The topological polar surface area (TPSA) is 38.7 Å². The number of aliphatic hydroxyl groups is 1. The van der Waals surface area contributed by atoms with E-state index in [0.717, 1.165) is 64.4 Å². The van der Waals surface area contributed by atoms with Crippen LogP contribution in [0.15, 0.2) is 0 Å². The van der Waals surface area contributed by atoms with Gasteiger partial charge >= 0.3 is 0 Å². The molecule has 88 valence electrons. The molecule has 2 fully saturated rings. The molecule has 0 aliphatic carbocycles. The van der Waals surface area contributed by atoms with E-state index in [4.69, 9.17) is 9.47 Å². The summed E-state index contributed by atoms with van der Waals surface area (Å²) in [6.45, 7) is 3.70. The molecule has 0 bridgehead atoms. The van der Waals surface area contributed by atoms with Crippen molar-refractivity contribution < 1.29 is 14.6 Å². The summed E-state index contributed by atoms with van der Waals surface area (Å²) in [5.74, 6) is 0.729. The second-order valence-corrected chi connectivity index (χ2v) is 5.07. The molecule has 3 nitrogen and oxygen atoms in total. The van der Waals surface area contributed by atoms with E-state index in [1.165, 1.54) is 0 Å². The van der Waals surface area contributed by atoms with Crippen molar-refractivity contribution >= 4 is 0 Å². The molecular formula is C12H22O3. The molecule has 0 aromatic heterocycles. The highest BCUT2D eigenvalue weighted by Gasteiger charge is 2.35. The quantitative estimate of drug-likeness (QED) is 0.775. The molecule has 3 heteroatoms. The molecule has 1 unspecified atom stereocenters. The van der Waals surface area contributed by atoms with Crippen LogP contribution in [0.5, 0.6) is 0 Å². The van der Waals surface area contributed by atoms with Crippen LogP contribution in [0.4, 0.5) is 0 Å². The molecule has 2 aliphatic heterocycles. The van der Waals surface area contributed by atoms with Gasteiger partial charge in [0.15, 0.2) is 0 Å². The van der Waals surface area contributed by atoms with E-state index in [1.54, 1.807) is 0 Å². The van der Waals surface area contributed by atoms with Crippen molar-refractivity contribution in [2.45, 2.75) is 32.1 Å². The highest BCUT2D eigenvalue weighted by molar-refractivity contribution is 4.84. The molecule has 0 saturated carbocycles. The van der Waals surface area contributed by atoms with E-state index in [1.807, 2.05) is 0 Å². The largest absolute Gasteiger partial charge is 0.396 e. The second kappa shape index (κ2) is 5.28. The fourth-order valence-corrected chi connectivity index (χ4v) is 2.82. The van der Waals surface area contributed by atoms with Crippen molar-refractivity contribution in [2.75, 3.05) is 33.0 Å². The van der Waals surface area contributed by atoms with Crippen LogP contribution < -0.4 is 0 Å². The normalized spacial score (nSPS) is 34.2. The smallest absolute Gasteiger partial charge is 0.0544 e. The molecule has 1 N–H and O–H groups in total. The minimum Gasteiger partial charge on any atom is -0.396 e. The second-order valence-electron chi connectivity index (χ2n) is 5.07. The number of hydrogen-bond acceptors (Lipinski definition) is 3. The maximum atomic E-state index is 9.56. The van der Waals surface area contributed by atoms with Gasteiger partial charge in [0.1, 0.15) is 0 Å². The Kier molecular flexibility index (Phi) is 4.00. The van der Waals surface area contributed by atoms with Gasteiger partial charge in [0.2, 0.25) is 0 Å². The maximum absolute atomic E-state index is 9.56. The molecule has 2 aliphatic rings. The third-order valence-corrected chi connectivity index (χ3v) is 3.80. The van der Waals surface area contributed by atoms with Crippen LogP contribution in [0, 0.1) is 11.3 Å². The third kappa shape index (κ3) is 2.92. The summed E-state index contributed by atoms with van der Waals surface area (Å²) in [5.41, 5.74) is 0.0558. The monoisotopic (exact) mass is 214 g/mol. The molecule has 2 saturated heterocycles. The molecule has 0 aromatic rings. The Labute approximate surface area is 91.8 Å². The summed E-state index contributed by atoms with van der Waals surface area (Å²) < 4.78 is 10.9. The van der Waals surface area contributed by atoms with Gasteiger partial charge in [-0.05, 0) is 38.0 Å². The fraction of sp³-hybridized carbons (Fsp3) is 1.00. The Balaban J connectivity index is 1.87. The van der Waals surface area contributed by atoms with E-state index in [0.29, 0.717) is 0 Å². The third-order valence-electron chi connectivity index (χ3n) is 3.80. The van der Waals surface area contributed by atoms with Crippen molar-refractivity contribution in [2.24, 2.45) is 11.3 Å². The SMILES string of the molecule is OCC1(CC2CCOCC2)CCCOC1. The van der Waals surface area contributed by atoms with Gasteiger partial charge < -0.3 is 14.6 Å². The van der Waals surface area contributed by atoms with Crippen LogP contribution in [0.1, 0.15) is 32.1 Å². The average Bonchev–Trinajstić information content (AvgIpc) is 2.32. The molecule has 0 radical (unpaired) electrons. The van der Waals surface area contributed by atoms with Crippen LogP contribution in [0.25, 0.3) is 0 Å². The first-order chi connectivity index (χ1) is 7.35. The first-order valence-corrected chi connectivity index (χ1v) is 6.11. The fourth-order valence-electron chi connectivity index (χ4n) is 2.82. The van der Waals surface area contributed by atoms with Crippen LogP contribution in [0.2, 0.25) is 0 Å². The van der Waals surface area contributed by atoms with Gasteiger partial charge in [-0.1, -0.05) is 0 Å². The average molecular weight is 214 g/mol. The van der Waals surface area contributed by atoms with Gasteiger partial charge in [0, 0.05) is 25.2 Å². The Hall–Kier alpha value is -0.120. The van der Waals surface area contributed by atoms with Crippen LogP contribution >= 0.6 is 0 Å². The molecule has 0 spiro atoms. The molecule has 1 atom stereocenters. The van der Waals surface area contributed by atoms with Gasteiger partial charge in [-0.3, -0.25) is 0 Å². The minimum atomic E-state index is 0.0558. The molecule has 0 aromatic carbocycles. The lowest BCUT2D eigenvalue weighted by molar-refractivity contribution is -0.0602. The minimum absolute atomic E-state index is 0.0558. The lowest BCUT2D eigenvalue weighted by atomic mass is 9.74. The Morgan fingerprint density at radius 3 is 2.53 bits per heavy atom. The molecule has 0 amide bonds. The molecule has 15 heavy (non-hydrogen) atoms. The standard InChI is InChI=1S/C12H22O3/c13-9-12(4-1-5-15-10-12)8-11-2-6-14-7-3-11/h11,13H,1-10H2. The first-order valence-electron chi connectivity index (χ1n) is 6.11. The zero-order chi connectivity index (χ0) is 10.6. The Morgan fingerprint density at radius 1 is 1.13 bits per heavy atom. The Bertz CT molecular complexity index is 181. The summed E-state index contributed by atoms with van der Waals surface area (Å²) >= 11 is 0. The van der Waals surface area contributed by atoms with Gasteiger partial charge in [-0.25, -0.2) is 0 Å². The predicted molar refractivity (Wildman–Crippen MR) is 57.7 cm³/mol.